The summed E-state index contributed by atoms with van der Waals surface area (Å²) in [6, 6.07) is 9.04. The van der Waals surface area contributed by atoms with Crippen molar-refractivity contribution in [3.8, 4) is 0 Å². The molecule has 21 heavy (non-hydrogen) atoms. The molecule has 2 N–H and O–H groups in total. The second-order valence-electron chi connectivity index (χ2n) is 5.90. The van der Waals surface area contributed by atoms with Crippen molar-refractivity contribution in [3.63, 3.8) is 0 Å². The second kappa shape index (κ2) is 5.91. The fourth-order valence-electron chi connectivity index (χ4n) is 1.90. The lowest BCUT2D eigenvalue weighted by Crippen LogP contribution is -2.29. The predicted molar refractivity (Wildman–Crippen MR) is 80.4 cm³/mol. The van der Waals surface area contributed by atoms with Gasteiger partial charge in [0, 0.05) is 11.8 Å². The smallest absolute Gasteiger partial charge is 0.269 e. The number of nitrogens with zero attached hydrogens (tertiary/aromatic N) is 1. The Labute approximate surface area is 123 Å². The lowest BCUT2D eigenvalue weighted by atomic mass is 9.86. The quantitative estimate of drug-likeness (QED) is 0.847. The third-order valence-corrected chi connectivity index (χ3v) is 3.23. The highest BCUT2D eigenvalue weighted by molar-refractivity contribution is 6.01. The number of amides is 1. The van der Waals surface area contributed by atoms with E-state index in [1.54, 1.807) is 18.2 Å². The highest BCUT2D eigenvalue weighted by atomic mass is 16.2. The highest BCUT2D eigenvalue weighted by Gasteiger charge is 2.15. The van der Waals surface area contributed by atoms with E-state index in [0.29, 0.717) is 11.3 Å². The average molecular weight is 285 g/mol. The first-order chi connectivity index (χ1) is 9.88. The van der Waals surface area contributed by atoms with Gasteiger partial charge in [-0.25, -0.2) is 0 Å². The van der Waals surface area contributed by atoms with Crippen molar-refractivity contribution in [1.29, 1.82) is 0 Å². The molecule has 5 heteroatoms. The molecule has 0 aliphatic rings. The van der Waals surface area contributed by atoms with E-state index in [4.69, 9.17) is 0 Å². The number of Topliss-reactive ketones (excluding diaryl/α,β-unsaturated/α-hetero) is 1. The molecule has 0 atom stereocenters. The van der Waals surface area contributed by atoms with E-state index < -0.39 is 0 Å². The fourth-order valence-corrected chi connectivity index (χ4v) is 1.90. The molecule has 1 aromatic carbocycles. The van der Waals surface area contributed by atoms with Crippen molar-refractivity contribution in [3.05, 3.63) is 53.3 Å². The van der Waals surface area contributed by atoms with E-state index in [1.165, 1.54) is 11.8 Å². The minimum atomic E-state index is -0.341. The summed E-state index contributed by atoms with van der Waals surface area (Å²) in [5.41, 5.74) is 2.15. The van der Waals surface area contributed by atoms with Crippen LogP contribution >= 0.6 is 0 Å². The van der Waals surface area contributed by atoms with Gasteiger partial charge in [0.15, 0.2) is 5.78 Å². The van der Waals surface area contributed by atoms with Gasteiger partial charge in [0.2, 0.25) is 0 Å². The van der Waals surface area contributed by atoms with Crippen LogP contribution in [0.3, 0.4) is 0 Å². The third kappa shape index (κ3) is 3.78. The maximum atomic E-state index is 12.0. The van der Waals surface area contributed by atoms with Gasteiger partial charge in [-0.15, -0.1) is 0 Å². The molecule has 1 aromatic heterocycles. The monoisotopic (exact) mass is 285 g/mol. The standard InChI is InChI=1S/C16H19N3O2/c1-16(2,3)12-6-4-11(5-7-12)14(20)10-17-15(21)13-8-9-18-19-13/h4-9H,10H2,1-3H3,(H,17,21)(H,18,19). The Morgan fingerprint density at radius 3 is 2.33 bits per heavy atom. The molecule has 0 radical (unpaired) electrons. The average Bonchev–Trinajstić information content (AvgIpc) is 2.98. The zero-order valence-electron chi connectivity index (χ0n) is 12.4. The molecular weight excluding hydrogens is 266 g/mol. The lowest BCUT2D eigenvalue weighted by molar-refractivity contribution is 0.0901. The minimum Gasteiger partial charge on any atom is -0.343 e. The predicted octanol–water partition coefficient (Wildman–Crippen LogP) is 2.32. The molecule has 2 rings (SSSR count). The lowest BCUT2D eigenvalue weighted by Gasteiger charge is -2.19. The molecule has 0 saturated heterocycles. The van der Waals surface area contributed by atoms with E-state index in [9.17, 15) is 9.59 Å². The van der Waals surface area contributed by atoms with E-state index in [2.05, 4.69) is 36.3 Å². The van der Waals surface area contributed by atoms with Crippen LogP contribution in [-0.4, -0.2) is 28.4 Å². The number of aromatic nitrogens is 2. The molecule has 2 aromatic rings. The van der Waals surface area contributed by atoms with Crippen molar-refractivity contribution in [1.82, 2.24) is 15.5 Å². The summed E-state index contributed by atoms with van der Waals surface area (Å²) >= 11 is 0. The molecule has 0 fully saturated rings. The molecule has 1 amide bonds. The topological polar surface area (TPSA) is 74.8 Å². The fraction of sp³-hybridized carbons (Fsp3) is 0.312. The molecule has 5 nitrogen and oxygen atoms in total. The Bertz CT molecular complexity index is 623. The van der Waals surface area contributed by atoms with Crippen LogP contribution in [0.25, 0.3) is 0 Å². The Balaban J connectivity index is 1.96. The van der Waals surface area contributed by atoms with Gasteiger partial charge < -0.3 is 5.32 Å². The van der Waals surface area contributed by atoms with Crippen LogP contribution in [0.1, 0.15) is 47.2 Å². The van der Waals surface area contributed by atoms with Crippen molar-refractivity contribution in [2.75, 3.05) is 6.54 Å². The Kier molecular flexibility index (Phi) is 4.21. The zero-order valence-corrected chi connectivity index (χ0v) is 12.4. The molecule has 0 bridgehead atoms. The van der Waals surface area contributed by atoms with Crippen molar-refractivity contribution < 1.29 is 9.59 Å². The molecule has 0 aliphatic heterocycles. The van der Waals surface area contributed by atoms with E-state index in [1.807, 2.05) is 12.1 Å². The van der Waals surface area contributed by atoms with Crippen LogP contribution in [0.15, 0.2) is 36.5 Å². The van der Waals surface area contributed by atoms with Gasteiger partial charge in [-0.05, 0) is 17.0 Å². The highest BCUT2D eigenvalue weighted by Crippen LogP contribution is 2.22. The molecule has 110 valence electrons. The van der Waals surface area contributed by atoms with Gasteiger partial charge in [0.05, 0.1) is 6.54 Å². The zero-order chi connectivity index (χ0) is 15.5. The van der Waals surface area contributed by atoms with Gasteiger partial charge in [-0.1, -0.05) is 45.0 Å². The Hall–Kier alpha value is -2.43. The van der Waals surface area contributed by atoms with Gasteiger partial charge in [-0.2, -0.15) is 5.10 Å². The van der Waals surface area contributed by atoms with Crippen LogP contribution in [0, 0.1) is 0 Å². The number of carbonyl (C=O) groups is 2. The van der Waals surface area contributed by atoms with Crippen molar-refractivity contribution >= 4 is 11.7 Å². The number of H-pyrrole nitrogens is 1. The Morgan fingerprint density at radius 1 is 1.14 bits per heavy atom. The van der Waals surface area contributed by atoms with Gasteiger partial charge in [-0.3, -0.25) is 14.7 Å². The molecule has 0 aliphatic carbocycles. The van der Waals surface area contributed by atoms with Crippen LogP contribution in [0.2, 0.25) is 0 Å². The molecular formula is C16H19N3O2. The summed E-state index contributed by atoms with van der Waals surface area (Å²) in [7, 11) is 0. The van der Waals surface area contributed by atoms with Crippen LogP contribution in [0.4, 0.5) is 0 Å². The number of hydrogen-bond donors (Lipinski definition) is 2. The largest absolute Gasteiger partial charge is 0.343 e. The summed E-state index contributed by atoms with van der Waals surface area (Å²) in [4.78, 5) is 23.7. The van der Waals surface area contributed by atoms with Gasteiger partial charge in [0.1, 0.15) is 5.69 Å². The Morgan fingerprint density at radius 2 is 1.81 bits per heavy atom. The number of carbonyl (C=O) groups excluding carboxylic acids is 2. The van der Waals surface area contributed by atoms with Crippen LogP contribution < -0.4 is 5.32 Å². The minimum absolute atomic E-state index is 0.0350. The van der Waals surface area contributed by atoms with Crippen molar-refractivity contribution in [2.45, 2.75) is 26.2 Å². The summed E-state index contributed by atoms with van der Waals surface area (Å²) in [5, 5.41) is 8.81. The van der Waals surface area contributed by atoms with E-state index >= 15 is 0 Å². The van der Waals surface area contributed by atoms with E-state index in [-0.39, 0.29) is 23.7 Å². The third-order valence-electron chi connectivity index (χ3n) is 3.23. The summed E-state index contributed by atoms with van der Waals surface area (Å²) in [5.74, 6) is -0.463. The number of nitrogens with one attached hydrogen (secondary N) is 2. The maximum absolute atomic E-state index is 12.0. The molecule has 1 heterocycles. The van der Waals surface area contributed by atoms with Gasteiger partial charge >= 0.3 is 0 Å². The van der Waals surface area contributed by atoms with Crippen LogP contribution in [0.5, 0.6) is 0 Å². The molecule has 0 saturated carbocycles. The summed E-state index contributed by atoms with van der Waals surface area (Å²) < 4.78 is 0. The summed E-state index contributed by atoms with van der Waals surface area (Å²) in [6.45, 7) is 6.32. The van der Waals surface area contributed by atoms with Gasteiger partial charge in [0.25, 0.3) is 5.91 Å². The van der Waals surface area contributed by atoms with Crippen LogP contribution in [-0.2, 0) is 5.41 Å². The number of hydrogen-bond acceptors (Lipinski definition) is 3. The van der Waals surface area contributed by atoms with E-state index in [0.717, 1.165) is 0 Å². The first-order valence-electron chi connectivity index (χ1n) is 6.79. The van der Waals surface area contributed by atoms with Crippen molar-refractivity contribution in [2.24, 2.45) is 0 Å². The number of rotatable bonds is 4. The first-order valence-corrected chi connectivity index (χ1v) is 6.79. The number of ketones is 1. The number of benzene rings is 1. The SMILES string of the molecule is CC(C)(C)c1ccc(C(=O)CNC(=O)c2ccn[nH]2)cc1. The second-order valence-corrected chi connectivity index (χ2v) is 5.90. The first kappa shape index (κ1) is 15.0. The normalized spacial score (nSPS) is 11.2. The number of aromatic amines is 1. The molecule has 0 unspecified atom stereocenters. The maximum Gasteiger partial charge on any atom is 0.269 e. The summed E-state index contributed by atoms with van der Waals surface area (Å²) in [6.07, 6.45) is 1.49. The molecule has 0 spiro atoms.